The number of rotatable bonds is 7. The van der Waals surface area contributed by atoms with Crippen LogP contribution in [0.15, 0.2) is 24.5 Å². The van der Waals surface area contributed by atoms with Crippen molar-refractivity contribution in [1.82, 2.24) is 14.8 Å². The van der Waals surface area contributed by atoms with Gasteiger partial charge in [-0.2, -0.15) is 0 Å². The zero-order chi connectivity index (χ0) is 16.5. The minimum atomic E-state index is -0.371. The molecule has 0 aliphatic carbocycles. The molecule has 1 atom stereocenters. The molecule has 0 spiro atoms. The predicted molar refractivity (Wildman–Crippen MR) is 88.3 cm³/mol. The van der Waals surface area contributed by atoms with Crippen LogP contribution in [-0.4, -0.2) is 77.8 Å². The maximum absolute atomic E-state index is 12.5. The molecule has 0 bridgehead atoms. The molecule has 1 unspecified atom stereocenters. The van der Waals surface area contributed by atoms with Gasteiger partial charge in [0.05, 0.1) is 6.10 Å². The molecule has 0 saturated carbocycles. The first-order chi connectivity index (χ1) is 11.2. The zero-order valence-electron chi connectivity index (χ0n) is 13.9. The lowest BCUT2D eigenvalue weighted by atomic mass is 10.2. The third kappa shape index (κ3) is 5.89. The Morgan fingerprint density at radius 1 is 1.30 bits per heavy atom. The summed E-state index contributed by atoms with van der Waals surface area (Å²) < 4.78 is 5.28. The SMILES string of the molecule is CCOCCC(O)CN1CCCN(C(=O)c2ccncc2)CC1. The van der Waals surface area contributed by atoms with E-state index in [0.29, 0.717) is 38.3 Å². The van der Waals surface area contributed by atoms with Crippen molar-refractivity contribution in [3.05, 3.63) is 30.1 Å². The van der Waals surface area contributed by atoms with Crippen LogP contribution < -0.4 is 0 Å². The van der Waals surface area contributed by atoms with Gasteiger partial charge in [0.1, 0.15) is 0 Å². The van der Waals surface area contributed by atoms with Crippen LogP contribution in [0.5, 0.6) is 0 Å². The van der Waals surface area contributed by atoms with Crippen molar-refractivity contribution >= 4 is 5.91 Å². The van der Waals surface area contributed by atoms with Crippen molar-refractivity contribution in [3.8, 4) is 0 Å². The van der Waals surface area contributed by atoms with Crippen molar-refractivity contribution in [2.45, 2.75) is 25.9 Å². The number of carbonyl (C=O) groups is 1. The fraction of sp³-hybridized carbons (Fsp3) is 0.647. The van der Waals surface area contributed by atoms with Crippen LogP contribution in [0.25, 0.3) is 0 Å². The van der Waals surface area contributed by atoms with Crippen LogP contribution in [0.3, 0.4) is 0 Å². The summed E-state index contributed by atoms with van der Waals surface area (Å²) >= 11 is 0. The third-order valence-corrected chi connectivity index (χ3v) is 4.07. The van der Waals surface area contributed by atoms with Crippen molar-refractivity contribution in [2.75, 3.05) is 45.9 Å². The molecule has 1 saturated heterocycles. The fourth-order valence-electron chi connectivity index (χ4n) is 2.79. The van der Waals surface area contributed by atoms with Gasteiger partial charge in [0.25, 0.3) is 5.91 Å². The fourth-order valence-corrected chi connectivity index (χ4v) is 2.79. The van der Waals surface area contributed by atoms with E-state index < -0.39 is 0 Å². The number of pyridine rings is 1. The molecule has 1 N–H and O–H groups in total. The lowest BCUT2D eigenvalue weighted by Crippen LogP contribution is -2.38. The summed E-state index contributed by atoms with van der Waals surface area (Å²) in [5, 5.41) is 10.1. The second-order valence-electron chi connectivity index (χ2n) is 5.82. The van der Waals surface area contributed by atoms with Crippen molar-refractivity contribution in [2.24, 2.45) is 0 Å². The van der Waals surface area contributed by atoms with Crippen molar-refractivity contribution in [3.63, 3.8) is 0 Å². The number of aliphatic hydroxyl groups excluding tert-OH is 1. The predicted octanol–water partition coefficient (Wildman–Crippen LogP) is 1.02. The standard InChI is InChI=1S/C17H27N3O3/c1-2-23-13-6-16(21)14-19-9-3-10-20(12-11-19)17(22)15-4-7-18-8-5-15/h4-5,7-8,16,21H,2-3,6,9-14H2,1H3. The first-order valence-electron chi connectivity index (χ1n) is 8.38. The number of nitrogens with zero attached hydrogens (tertiary/aromatic N) is 3. The summed E-state index contributed by atoms with van der Waals surface area (Å²) in [6, 6.07) is 3.50. The zero-order valence-corrected chi connectivity index (χ0v) is 13.9. The van der Waals surface area contributed by atoms with Crippen LogP contribution in [0, 0.1) is 0 Å². The number of aliphatic hydroxyl groups is 1. The molecule has 1 fully saturated rings. The van der Waals surface area contributed by atoms with Crippen LogP contribution >= 0.6 is 0 Å². The Bertz CT molecular complexity index is 469. The molecule has 6 nitrogen and oxygen atoms in total. The van der Waals surface area contributed by atoms with E-state index in [1.807, 2.05) is 11.8 Å². The van der Waals surface area contributed by atoms with Gasteiger partial charge in [-0.1, -0.05) is 0 Å². The van der Waals surface area contributed by atoms with E-state index in [-0.39, 0.29) is 12.0 Å². The molecule has 128 valence electrons. The lowest BCUT2D eigenvalue weighted by Gasteiger charge is -2.24. The number of amides is 1. The quantitative estimate of drug-likeness (QED) is 0.760. The molecule has 1 aliphatic heterocycles. The average Bonchev–Trinajstić information content (AvgIpc) is 2.81. The van der Waals surface area contributed by atoms with Gasteiger partial charge in [-0.3, -0.25) is 14.7 Å². The smallest absolute Gasteiger partial charge is 0.254 e. The summed E-state index contributed by atoms with van der Waals surface area (Å²) in [5.41, 5.74) is 0.685. The van der Waals surface area contributed by atoms with E-state index in [4.69, 9.17) is 4.74 Å². The minimum absolute atomic E-state index is 0.0612. The number of ether oxygens (including phenoxy) is 1. The van der Waals surface area contributed by atoms with E-state index in [1.165, 1.54) is 0 Å². The van der Waals surface area contributed by atoms with Crippen LogP contribution in [0.4, 0.5) is 0 Å². The van der Waals surface area contributed by atoms with Gasteiger partial charge in [-0.05, 0) is 38.4 Å². The van der Waals surface area contributed by atoms with E-state index >= 15 is 0 Å². The number of aromatic nitrogens is 1. The maximum atomic E-state index is 12.5. The first-order valence-corrected chi connectivity index (χ1v) is 8.38. The Labute approximate surface area is 138 Å². The summed E-state index contributed by atoms with van der Waals surface area (Å²) in [6.45, 7) is 7.03. The molecule has 2 heterocycles. The summed E-state index contributed by atoms with van der Waals surface area (Å²) in [5.74, 6) is 0.0612. The highest BCUT2D eigenvalue weighted by Crippen LogP contribution is 2.09. The van der Waals surface area contributed by atoms with E-state index in [1.54, 1.807) is 24.5 Å². The summed E-state index contributed by atoms with van der Waals surface area (Å²) in [4.78, 5) is 20.5. The van der Waals surface area contributed by atoms with Crippen LogP contribution in [0.1, 0.15) is 30.1 Å². The van der Waals surface area contributed by atoms with Gasteiger partial charge in [0.2, 0.25) is 0 Å². The largest absolute Gasteiger partial charge is 0.392 e. The molecule has 1 aromatic heterocycles. The molecule has 6 heteroatoms. The van der Waals surface area contributed by atoms with Gasteiger partial charge in [-0.25, -0.2) is 0 Å². The average molecular weight is 321 g/mol. The molecule has 23 heavy (non-hydrogen) atoms. The van der Waals surface area contributed by atoms with Crippen molar-refractivity contribution in [1.29, 1.82) is 0 Å². The molecule has 1 aliphatic rings. The molecule has 1 amide bonds. The Morgan fingerprint density at radius 3 is 2.83 bits per heavy atom. The molecular formula is C17H27N3O3. The van der Waals surface area contributed by atoms with Gasteiger partial charge < -0.3 is 14.7 Å². The topological polar surface area (TPSA) is 65.9 Å². The van der Waals surface area contributed by atoms with Gasteiger partial charge in [0, 0.05) is 57.3 Å². The normalized spacial score (nSPS) is 17.7. The number of hydrogen-bond acceptors (Lipinski definition) is 5. The number of β-amino-alcohol motifs (C(OH)–C–C–N with tert-alkyl or cyclic N) is 1. The highest BCUT2D eigenvalue weighted by atomic mass is 16.5. The molecule has 1 aromatic rings. The first kappa shape index (κ1) is 17.8. The molecular weight excluding hydrogens is 294 g/mol. The second-order valence-corrected chi connectivity index (χ2v) is 5.82. The Kier molecular flexibility index (Phi) is 7.45. The van der Waals surface area contributed by atoms with E-state index in [9.17, 15) is 9.90 Å². The highest BCUT2D eigenvalue weighted by Gasteiger charge is 2.21. The van der Waals surface area contributed by atoms with Gasteiger partial charge in [-0.15, -0.1) is 0 Å². The van der Waals surface area contributed by atoms with Gasteiger partial charge >= 0.3 is 0 Å². The van der Waals surface area contributed by atoms with Gasteiger partial charge in [0.15, 0.2) is 0 Å². The Hall–Kier alpha value is -1.50. The lowest BCUT2D eigenvalue weighted by molar-refractivity contribution is 0.0634. The Morgan fingerprint density at radius 2 is 2.09 bits per heavy atom. The summed E-state index contributed by atoms with van der Waals surface area (Å²) in [6.07, 6.45) is 4.50. The molecule has 0 radical (unpaired) electrons. The minimum Gasteiger partial charge on any atom is -0.392 e. The van der Waals surface area contributed by atoms with Crippen LogP contribution in [0.2, 0.25) is 0 Å². The maximum Gasteiger partial charge on any atom is 0.254 e. The van der Waals surface area contributed by atoms with E-state index in [2.05, 4.69) is 9.88 Å². The second kappa shape index (κ2) is 9.60. The number of hydrogen-bond donors (Lipinski definition) is 1. The Balaban J connectivity index is 1.79. The van der Waals surface area contributed by atoms with Crippen molar-refractivity contribution < 1.29 is 14.6 Å². The third-order valence-electron chi connectivity index (χ3n) is 4.07. The van der Waals surface area contributed by atoms with Crippen LogP contribution in [-0.2, 0) is 4.74 Å². The monoisotopic (exact) mass is 321 g/mol. The highest BCUT2D eigenvalue weighted by molar-refractivity contribution is 5.94. The molecule has 0 aromatic carbocycles. The number of carbonyl (C=O) groups excluding carboxylic acids is 1. The molecule has 2 rings (SSSR count). The van der Waals surface area contributed by atoms with E-state index in [0.717, 1.165) is 26.1 Å². The summed E-state index contributed by atoms with van der Waals surface area (Å²) in [7, 11) is 0.